The van der Waals surface area contributed by atoms with Crippen molar-refractivity contribution in [1.29, 1.82) is 0 Å². The van der Waals surface area contributed by atoms with Crippen LogP contribution in [0.5, 0.6) is 5.75 Å². The first-order valence-electron chi connectivity index (χ1n) is 10.4. The average Bonchev–Trinajstić information content (AvgIpc) is 3.42. The van der Waals surface area contributed by atoms with E-state index in [9.17, 15) is 15.0 Å². The number of carbonyl (C=O) groups excluding carboxylic acids is 1. The molecule has 4 atom stereocenters. The van der Waals surface area contributed by atoms with Crippen molar-refractivity contribution < 1.29 is 15.0 Å². The summed E-state index contributed by atoms with van der Waals surface area (Å²) in [6.07, 6.45) is 8.85. The van der Waals surface area contributed by atoms with E-state index in [2.05, 4.69) is 6.58 Å². The third kappa shape index (κ3) is 2.29. The standard InChI is InChI=1S/C23H29NO3/c1-13-6-9-23(27)18-11-16-4-5-17(21(24)26)20(25)19(16)22(23,12-13)8-7-15(18)10-14-2-3-14/h4-5,14-15,18,25,27H,1-3,6-12H2,(H2,24,26)/t15?,18-,22?,23+/m0/s1. The zero-order chi connectivity index (χ0) is 19.0. The van der Waals surface area contributed by atoms with Gasteiger partial charge in [0, 0.05) is 11.0 Å². The molecule has 4 aliphatic rings. The number of rotatable bonds is 3. The monoisotopic (exact) mass is 367 g/mol. The van der Waals surface area contributed by atoms with Gasteiger partial charge >= 0.3 is 0 Å². The fourth-order valence-corrected chi connectivity index (χ4v) is 6.74. The number of nitrogens with two attached hydrogens (primary N) is 1. The molecule has 0 radical (unpaired) electrons. The first-order valence-corrected chi connectivity index (χ1v) is 10.4. The number of hydrogen-bond acceptors (Lipinski definition) is 3. The van der Waals surface area contributed by atoms with E-state index >= 15 is 0 Å². The molecule has 4 nitrogen and oxygen atoms in total. The van der Waals surface area contributed by atoms with Crippen LogP contribution in [0.15, 0.2) is 24.3 Å². The van der Waals surface area contributed by atoms with Gasteiger partial charge in [-0.15, -0.1) is 0 Å². The summed E-state index contributed by atoms with van der Waals surface area (Å²) in [5.41, 5.74) is 7.32. The van der Waals surface area contributed by atoms with Crippen LogP contribution in [-0.4, -0.2) is 21.7 Å². The number of hydrogen-bond donors (Lipinski definition) is 3. The minimum atomic E-state index is -0.827. The summed E-state index contributed by atoms with van der Waals surface area (Å²) in [6, 6.07) is 3.61. The largest absolute Gasteiger partial charge is 0.507 e. The van der Waals surface area contributed by atoms with Gasteiger partial charge in [0.1, 0.15) is 5.75 Å². The molecule has 2 bridgehead atoms. The second-order valence-electron chi connectivity index (χ2n) is 9.58. The molecule has 4 N–H and O–H groups in total. The first kappa shape index (κ1) is 17.3. The van der Waals surface area contributed by atoms with Crippen molar-refractivity contribution in [1.82, 2.24) is 0 Å². The molecular weight excluding hydrogens is 338 g/mol. The zero-order valence-corrected chi connectivity index (χ0v) is 15.8. The molecule has 3 fully saturated rings. The van der Waals surface area contributed by atoms with Crippen LogP contribution < -0.4 is 5.73 Å². The van der Waals surface area contributed by atoms with E-state index in [1.165, 1.54) is 19.3 Å². The molecule has 3 saturated carbocycles. The van der Waals surface area contributed by atoms with Gasteiger partial charge in [0.25, 0.3) is 5.91 Å². The number of fused-ring (bicyclic) bond motifs is 1. The van der Waals surface area contributed by atoms with Crippen LogP contribution in [0.3, 0.4) is 0 Å². The van der Waals surface area contributed by atoms with E-state index < -0.39 is 16.9 Å². The van der Waals surface area contributed by atoms with Gasteiger partial charge in [-0.2, -0.15) is 0 Å². The molecule has 0 spiro atoms. The van der Waals surface area contributed by atoms with Crippen LogP contribution in [-0.2, 0) is 11.8 Å². The second-order valence-corrected chi connectivity index (χ2v) is 9.58. The van der Waals surface area contributed by atoms with Crippen molar-refractivity contribution in [3.05, 3.63) is 41.0 Å². The Kier molecular flexibility index (Phi) is 3.59. The van der Waals surface area contributed by atoms with E-state index in [0.717, 1.165) is 48.3 Å². The molecule has 2 unspecified atom stereocenters. The molecular formula is C23H29NO3. The molecule has 5 rings (SSSR count). The molecule has 144 valence electrons. The first-order chi connectivity index (χ1) is 12.9. The van der Waals surface area contributed by atoms with Gasteiger partial charge in [-0.25, -0.2) is 0 Å². The fourth-order valence-electron chi connectivity index (χ4n) is 6.74. The number of phenols is 1. The SMILES string of the molecule is C=C1CC[C@@]2(O)[C@H]3Cc4ccc(C(N)=O)c(O)c4C2(CCC3CC2CC2)C1. The molecule has 1 amide bonds. The molecule has 0 aromatic heterocycles. The number of carbonyl (C=O) groups is 1. The summed E-state index contributed by atoms with van der Waals surface area (Å²) in [6.45, 7) is 4.23. The van der Waals surface area contributed by atoms with Gasteiger partial charge in [-0.3, -0.25) is 4.79 Å². The summed E-state index contributed by atoms with van der Waals surface area (Å²) in [4.78, 5) is 11.8. The number of aromatic hydroxyl groups is 1. The van der Waals surface area contributed by atoms with Crippen LogP contribution in [0, 0.1) is 17.8 Å². The quantitative estimate of drug-likeness (QED) is 0.714. The van der Waals surface area contributed by atoms with Crippen molar-refractivity contribution in [3.8, 4) is 5.75 Å². The van der Waals surface area contributed by atoms with Crippen LogP contribution in [0.2, 0.25) is 0 Å². The van der Waals surface area contributed by atoms with Crippen molar-refractivity contribution in [3.63, 3.8) is 0 Å². The number of allylic oxidation sites excluding steroid dienone is 1. The normalized spacial score (nSPS) is 37.4. The number of primary amides is 1. The van der Waals surface area contributed by atoms with Gasteiger partial charge < -0.3 is 15.9 Å². The molecule has 0 heterocycles. The fraction of sp³-hybridized carbons (Fsp3) is 0.609. The molecule has 0 aliphatic heterocycles. The zero-order valence-electron chi connectivity index (χ0n) is 15.8. The van der Waals surface area contributed by atoms with E-state index in [0.29, 0.717) is 18.8 Å². The highest BCUT2D eigenvalue weighted by Crippen LogP contribution is 2.65. The van der Waals surface area contributed by atoms with Crippen molar-refractivity contribution >= 4 is 5.91 Å². The summed E-state index contributed by atoms with van der Waals surface area (Å²) < 4.78 is 0. The number of amides is 1. The molecule has 27 heavy (non-hydrogen) atoms. The maximum absolute atomic E-state index is 12.1. The van der Waals surface area contributed by atoms with Gasteiger partial charge in [-0.05, 0) is 74.3 Å². The third-order valence-electron chi connectivity index (χ3n) is 8.15. The van der Waals surface area contributed by atoms with Gasteiger partial charge in [0.05, 0.1) is 11.2 Å². The van der Waals surface area contributed by atoms with E-state index in [1.807, 2.05) is 6.07 Å². The molecule has 4 heteroatoms. The van der Waals surface area contributed by atoms with E-state index in [-0.39, 0.29) is 17.2 Å². The highest BCUT2D eigenvalue weighted by molar-refractivity contribution is 5.96. The van der Waals surface area contributed by atoms with Gasteiger partial charge in [0.2, 0.25) is 0 Å². The predicted octanol–water partition coefficient (Wildman–Crippen LogP) is 3.58. The lowest BCUT2D eigenvalue weighted by atomic mass is 9.43. The molecule has 4 aliphatic carbocycles. The van der Waals surface area contributed by atoms with Crippen LogP contribution >= 0.6 is 0 Å². The van der Waals surface area contributed by atoms with Crippen molar-refractivity contribution in [2.75, 3.05) is 0 Å². The molecule has 1 aromatic carbocycles. The van der Waals surface area contributed by atoms with Crippen LogP contribution in [0.4, 0.5) is 0 Å². The molecule has 0 saturated heterocycles. The topological polar surface area (TPSA) is 83.5 Å². The Morgan fingerprint density at radius 3 is 2.74 bits per heavy atom. The van der Waals surface area contributed by atoms with E-state index in [1.54, 1.807) is 6.07 Å². The highest BCUT2D eigenvalue weighted by atomic mass is 16.3. The maximum atomic E-state index is 12.1. The van der Waals surface area contributed by atoms with Gasteiger partial charge in [0.15, 0.2) is 0 Å². The third-order valence-corrected chi connectivity index (χ3v) is 8.15. The maximum Gasteiger partial charge on any atom is 0.252 e. The summed E-state index contributed by atoms with van der Waals surface area (Å²) in [7, 11) is 0. The lowest BCUT2D eigenvalue weighted by Crippen LogP contribution is -2.66. The van der Waals surface area contributed by atoms with Crippen molar-refractivity contribution in [2.45, 2.75) is 68.8 Å². The Morgan fingerprint density at radius 1 is 1.26 bits per heavy atom. The van der Waals surface area contributed by atoms with E-state index in [4.69, 9.17) is 5.73 Å². The predicted molar refractivity (Wildman–Crippen MR) is 104 cm³/mol. The Balaban J connectivity index is 1.70. The Bertz CT molecular complexity index is 842. The van der Waals surface area contributed by atoms with Crippen LogP contribution in [0.1, 0.15) is 72.9 Å². The highest BCUT2D eigenvalue weighted by Gasteiger charge is 2.65. The lowest BCUT2D eigenvalue weighted by molar-refractivity contribution is -0.159. The van der Waals surface area contributed by atoms with Crippen LogP contribution in [0.25, 0.3) is 0 Å². The minimum Gasteiger partial charge on any atom is -0.507 e. The second kappa shape index (κ2) is 5.60. The number of benzene rings is 1. The Morgan fingerprint density at radius 2 is 2.04 bits per heavy atom. The number of aliphatic hydroxyl groups is 1. The molecule has 1 aromatic rings. The smallest absolute Gasteiger partial charge is 0.252 e. The average molecular weight is 367 g/mol. The minimum absolute atomic E-state index is 0.00721. The summed E-state index contributed by atoms with van der Waals surface area (Å²) >= 11 is 0. The lowest BCUT2D eigenvalue weighted by Gasteiger charge is -2.63. The Hall–Kier alpha value is -1.81. The van der Waals surface area contributed by atoms with Crippen molar-refractivity contribution in [2.24, 2.45) is 23.5 Å². The van der Waals surface area contributed by atoms with Gasteiger partial charge in [-0.1, -0.05) is 31.1 Å². The summed E-state index contributed by atoms with van der Waals surface area (Å²) in [5, 5.41) is 23.1. The summed E-state index contributed by atoms with van der Waals surface area (Å²) in [5.74, 6) is 0.998. The Labute approximate surface area is 160 Å².